The van der Waals surface area contributed by atoms with Gasteiger partial charge in [-0.2, -0.15) is 10.2 Å². The van der Waals surface area contributed by atoms with E-state index in [0.717, 1.165) is 0 Å². The first-order valence-corrected chi connectivity index (χ1v) is 6.28. The van der Waals surface area contributed by atoms with Gasteiger partial charge in [0.05, 0.1) is 22.7 Å². The molecule has 0 fully saturated rings. The molecule has 7 heteroatoms. The van der Waals surface area contributed by atoms with Crippen LogP contribution in [0.25, 0.3) is 10.9 Å². The molecule has 1 aromatic carbocycles. The number of pyridine rings is 1. The van der Waals surface area contributed by atoms with Crippen LogP contribution in [-0.2, 0) is 6.54 Å². The molecule has 0 spiro atoms. The highest BCUT2D eigenvalue weighted by Gasteiger charge is 2.17. The minimum Gasteiger partial charge on any atom is -0.373 e. The van der Waals surface area contributed by atoms with E-state index in [4.69, 9.17) is 0 Å². The number of aromatic nitrogens is 3. The molecule has 1 N–H and O–H groups in total. The molecule has 2 aromatic heterocycles. The van der Waals surface area contributed by atoms with Crippen LogP contribution in [0.15, 0.2) is 48.8 Å². The number of hydrogen-bond donors (Lipinski definition) is 1. The Bertz CT molecular complexity index is 792. The standard InChI is InChI=1S/C14H11N5O2/c20-19(21)13-9-15-12-6-2-1-5-11(12)14(13)16-8-10-4-3-7-17-18-10/h1-7,9H,8H2,(H,15,16). The summed E-state index contributed by atoms with van der Waals surface area (Å²) in [6, 6.07) is 10.8. The van der Waals surface area contributed by atoms with Crippen molar-refractivity contribution >= 4 is 22.3 Å². The summed E-state index contributed by atoms with van der Waals surface area (Å²) in [6.45, 7) is 0.350. The molecule has 3 rings (SSSR count). The highest BCUT2D eigenvalue weighted by atomic mass is 16.6. The van der Waals surface area contributed by atoms with Crippen molar-refractivity contribution in [2.75, 3.05) is 5.32 Å². The first-order valence-electron chi connectivity index (χ1n) is 6.28. The van der Waals surface area contributed by atoms with E-state index in [-0.39, 0.29) is 5.69 Å². The van der Waals surface area contributed by atoms with Gasteiger partial charge in [0, 0.05) is 11.6 Å². The maximum atomic E-state index is 11.2. The average molecular weight is 281 g/mol. The number of nitro groups is 1. The van der Waals surface area contributed by atoms with E-state index in [1.54, 1.807) is 24.4 Å². The summed E-state index contributed by atoms with van der Waals surface area (Å²) < 4.78 is 0. The van der Waals surface area contributed by atoms with Gasteiger partial charge in [-0.1, -0.05) is 18.2 Å². The van der Waals surface area contributed by atoms with E-state index in [1.165, 1.54) is 6.20 Å². The van der Waals surface area contributed by atoms with Crippen LogP contribution < -0.4 is 5.32 Å². The van der Waals surface area contributed by atoms with Gasteiger partial charge in [0.25, 0.3) is 0 Å². The molecule has 7 nitrogen and oxygen atoms in total. The molecule has 0 saturated heterocycles. The monoisotopic (exact) mass is 281 g/mol. The topological polar surface area (TPSA) is 93.8 Å². The molecule has 0 amide bonds. The van der Waals surface area contributed by atoms with Crippen molar-refractivity contribution < 1.29 is 4.92 Å². The molecule has 0 bridgehead atoms. The van der Waals surface area contributed by atoms with Crippen molar-refractivity contribution in [1.82, 2.24) is 15.2 Å². The van der Waals surface area contributed by atoms with Gasteiger partial charge in [-0.15, -0.1) is 0 Å². The van der Waals surface area contributed by atoms with E-state index in [0.29, 0.717) is 28.8 Å². The van der Waals surface area contributed by atoms with Crippen molar-refractivity contribution in [3.63, 3.8) is 0 Å². The van der Waals surface area contributed by atoms with Gasteiger partial charge in [-0.25, -0.2) is 4.98 Å². The number of hydrogen-bond acceptors (Lipinski definition) is 6. The number of benzene rings is 1. The molecule has 0 aliphatic heterocycles. The van der Waals surface area contributed by atoms with E-state index in [9.17, 15) is 10.1 Å². The highest BCUT2D eigenvalue weighted by Crippen LogP contribution is 2.31. The molecular formula is C14H11N5O2. The predicted molar refractivity (Wildman–Crippen MR) is 77.8 cm³/mol. The number of para-hydroxylation sites is 1. The van der Waals surface area contributed by atoms with Gasteiger partial charge in [0.1, 0.15) is 11.9 Å². The largest absolute Gasteiger partial charge is 0.373 e. The lowest BCUT2D eigenvalue weighted by atomic mass is 10.1. The zero-order valence-corrected chi connectivity index (χ0v) is 10.9. The molecule has 0 saturated carbocycles. The molecule has 3 aromatic rings. The Balaban J connectivity index is 2.02. The summed E-state index contributed by atoms with van der Waals surface area (Å²) in [7, 11) is 0. The molecule has 21 heavy (non-hydrogen) atoms. The van der Waals surface area contributed by atoms with Crippen molar-refractivity contribution in [3.05, 3.63) is 64.6 Å². The SMILES string of the molecule is O=[N+]([O-])c1cnc2ccccc2c1NCc1cccnn1. The third-order valence-electron chi connectivity index (χ3n) is 3.03. The fourth-order valence-electron chi connectivity index (χ4n) is 2.06. The number of rotatable bonds is 4. The Hall–Kier alpha value is -3.09. The van der Waals surface area contributed by atoms with Crippen LogP contribution in [0.1, 0.15) is 5.69 Å². The van der Waals surface area contributed by atoms with Crippen LogP contribution in [0.3, 0.4) is 0 Å². The van der Waals surface area contributed by atoms with Gasteiger partial charge in [-0.05, 0) is 18.2 Å². The molecule has 0 aliphatic carbocycles. The van der Waals surface area contributed by atoms with Crippen LogP contribution in [0, 0.1) is 10.1 Å². The summed E-state index contributed by atoms with van der Waals surface area (Å²) in [4.78, 5) is 14.8. The van der Waals surface area contributed by atoms with Crippen LogP contribution >= 0.6 is 0 Å². The maximum absolute atomic E-state index is 11.2. The van der Waals surface area contributed by atoms with Crippen molar-refractivity contribution in [3.8, 4) is 0 Å². The highest BCUT2D eigenvalue weighted by molar-refractivity contribution is 5.95. The van der Waals surface area contributed by atoms with E-state index >= 15 is 0 Å². The molecule has 0 atom stereocenters. The second kappa shape index (κ2) is 5.49. The minimum absolute atomic E-state index is 0.0578. The van der Waals surface area contributed by atoms with Gasteiger partial charge in [0.15, 0.2) is 0 Å². The van der Waals surface area contributed by atoms with Crippen LogP contribution in [0.4, 0.5) is 11.4 Å². The predicted octanol–water partition coefficient (Wildman–Crippen LogP) is 2.55. The normalized spacial score (nSPS) is 10.5. The van der Waals surface area contributed by atoms with Gasteiger partial charge in [-0.3, -0.25) is 10.1 Å². The first kappa shape index (κ1) is 12.9. The van der Waals surface area contributed by atoms with E-state index in [2.05, 4.69) is 20.5 Å². The second-order valence-corrected chi connectivity index (χ2v) is 4.36. The van der Waals surface area contributed by atoms with Crippen molar-refractivity contribution in [2.45, 2.75) is 6.54 Å². The smallest absolute Gasteiger partial charge is 0.311 e. The third-order valence-corrected chi connectivity index (χ3v) is 3.03. The van der Waals surface area contributed by atoms with Gasteiger partial charge in [0.2, 0.25) is 0 Å². The van der Waals surface area contributed by atoms with Gasteiger partial charge < -0.3 is 5.32 Å². The summed E-state index contributed by atoms with van der Waals surface area (Å²) in [5, 5.41) is 22.7. The van der Waals surface area contributed by atoms with Gasteiger partial charge >= 0.3 is 5.69 Å². The molecule has 0 aliphatic rings. The molecule has 2 heterocycles. The fraction of sp³-hybridized carbons (Fsp3) is 0.0714. The minimum atomic E-state index is -0.446. The Morgan fingerprint density at radius 1 is 1.19 bits per heavy atom. The second-order valence-electron chi connectivity index (χ2n) is 4.36. The Kier molecular flexibility index (Phi) is 3.38. The lowest BCUT2D eigenvalue weighted by molar-refractivity contribution is -0.384. The van der Waals surface area contributed by atoms with Crippen LogP contribution in [-0.4, -0.2) is 20.1 Å². The summed E-state index contributed by atoms with van der Waals surface area (Å²) in [6.07, 6.45) is 2.84. The maximum Gasteiger partial charge on any atom is 0.311 e. The lowest BCUT2D eigenvalue weighted by Gasteiger charge is -2.09. The first-order chi connectivity index (χ1) is 10.3. The van der Waals surface area contributed by atoms with Crippen molar-refractivity contribution in [2.24, 2.45) is 0 Å². The summed E-state index contributed by atoms with van der Waals surface area (Å²) in [5.74, 6) is 0. The van der Waals surface area contributed by atoms with E-state index in [1.807, 2.05) is 18.2 Å². The van der Waals surface area contributed by atoms with Crippen LogP contribution in [0.2, 0.25) is 0 Å². The average Bonchev–Trinajstić information content (AvgIpc) is 2.53. The summed E-state index contributed by atoms with van der Waals surface area (Å²) >= 11 is 0. The molecule has 104 valence electrons. The Morgan fingerprint density at radius 3 is 2.81 bits per heavy atom. The molecule has 0 radical (unpaired) electrons. The van der Waals surface area contributed by atoms with Crippen LogP contribution in [0.5, 0.6) is 0 Å². The quantitative estimate of drug-likeness (QED) is 0.583. The molecular weight excluding hydrogens is 270 g/mol. The lowest BCUT2D eigenvalue weighted by Crippen LogP contribution is -2.05. The number of nitrogens with zero attached hydrogens (tertiary/aromatic N) is 4. The molecule has 0 unspecified atom stereocenters. The zero-order valence-electron chi connectivity index (χ0n) is 10.9. The summed E-state index contributed by atoms with van der Waals surface area (Å²) in [5.41, 5.74) is 1.78. The zero-order chi connectivity index (χ0) is 14.7. The van der Waals surface area contributed by atoms with E-state index < -0.39 is 4.92 Å². The number of nitrogens with one attached hydrogen (secondary N) is 1. The fourth-order valence-corrected chi connectivity index (χ4v) is 2.06. The Morgan fingerprint density at radius 2 is 2.05 bits per heavy atom. The Labute approximate surface area is 119 Å². The number of anilines is 1. The number of fused-ring (bicyclic) bond motifs is 1. The van der Waals surface area contributed by atoms with Crippen molar-refractivity contribution in [1.29, 1.82) is 0 Å². The third kappa shape index (κ3) is 2.62.